The van der Waals surface area contributed by atoms with Crippen LogP contribution >= 0.6 is 0 Å². The molecular formula is C25H33N5O5. The van der Waals surface area contributed by atoms with E-state index in [2.05, 4.69) is 16.2 Å². The van der Waals surface area contributed by atoms with Crippen LogP contribution in [0.25, 0.3) is 17.0 Å². The zero-order valence-corrected chi connectivity index (χ0v) is 20.5. The number of carboxylic acids is 1. The van der Waals surface area contributed by atoms with Crippen molar-refractivity contribution in [2.45, 2.75) is 44.4 Å². The second-order valence-electron chi connectivity index (χ2n) is 9.94. The van der Waals surface area contributed by atoms with Gasteiger partial charge in [-0.3, -0.25) is 9.69 Å². The average molecular weight is 484 g/mol. The molecule has 188 valence electrons. The van der Waals surface area contributed by atoms with E-state index in [1.807, 2.05) is 34.1 Å². The van der Waals surface area contributed by atoms with Gasteiger partial charge in [0.1, 0.15) is 6.33 Å². The maximum atomic E-state index is 12.8. The van der Waals surface area contributed by atoms with Gasteiger partial charge in [0.25, 0.3) is 0 Å². The SMILES string of the molecule is COC1(C(=O)O)CCN(CC(=O)N2CC=C(c3ccc(-c4ncn(CC(C)(C)O)n4)cc3)CC2)C1. The van der Waals surface area contributed by atoms with Crippen molar-refractivity contribution in [3.63, 3.8) is 0 Å². The number of rotatable bonds is 8. The number of ether oxygens (including phenoxy) is 1. The van der Waals surface area contributed by atoms with Gasteiger partial charge in [0.05, 0.1) is 18.7 Å². The third kappa shape index (κ3) is 5.77. The first-order chi connectivity index (χ1) is 16.6. The summed E-state index contributed by atoms with van der Waals surface area (Å²) >= 11 is 0. The molecule has 1 saturated heterocycles. The standard InChI is InChI=1S/C25H33N5O5/c1-24(2,34)15-30-17-26-22(27-30)20-6-4-18(5-7-20)19-8-11-29(12-9-19)21(31)14-28-13-10-25(16-28,35-3)23(32)33/h4-8,17,34H,9-16H2,1-3H3,(H,32,33). The molecule has 35 heavy (non-hydrogen) atoms. The molecule has 0 saturated carbocycles. The Balaban J connectivity index is 1.33. The highest BCUT2D eigenvalue weighted by molar-refractivity contribution is 5.81. The van der Waals surface area contributed by atoms with Crippen LogP contribution in [0.15, 0.2) is 36.7 Å². The Bertz CT molecular complexity index is 1100. The fourth-order valence-corrected chi connectivity index (χ4v) is 4.60. The van der Waals surface area contributed by atoms with Crippen LogP contribution in [0.1, 0.15) is 32.3 Å². The molecule has 3 heterocycles. The number of benzene rings is 1. The Kier molecular flexibility index (Phi) is 7.07. The molecule has 10 nitrogen and oxygen atoms in total. The summed E-state index contributed by atoms with van der Waals surface area (Å²) in [6.45, 7) is 5.92. The summed E-state index contributed by atoms with van der Waals surface area (Å²) in [5.41, 5.74) is 1.11. The van der Waals surface area contributed by atoms with Crippen LogP contribution in [-0.2, 0) is 20.9 Å². The zero-order chi connectivity index (χ0) is 25.2. The number of carbonyl (C=O) groups is 2. The molecular weight excluding hydrogens is 450 g/mol. The van der Waals surface area contributed by atoms with Crippen LogP contribution in [0.2, 0.25) is 0 Å². The molecule has 1 aromatic carbocycles. The molecule has 1 amide bonds. The van der Waals surface area contributed by atoms with Gasteiger partial charge in [-0.05, 0) is 31.4 Å². The lowest BCUT2D eigenvalue weighted by atomic mass is 9.98. The van der Waals surface area contributed by atoms with E-state index in [1.54, 1.807) is 24.9 Å². The first kappa shape index (κ1) is 25.0. The monoisotopic (exact) mass is 483 g/mol. The summed E-state index contributed by atoms with van der Waals surface area (Å²) in [5.74, 6) is -0.372. The number of aliphatic carboxylic acids is 1. The molecule has 1 atom stereocenters. The van der Waals surface area contributed by atoms with Crippen molar-refractivity contribution in [1.29, 1.82) is 0 Å². The third-order valence-corrected chi connectivity index (χ3v) is 6.61. The first-order valence-electron chi connectivity index (χ1n) is 11.8. The second kappa shape index (κ2) is 9.88. The lowest BCUT2D eigenvalue weighted by Gasteiger charge is -2.29. The van der Waals surface area contributed by atoms with Crippen molar-refractivity contribution < 1.29 is 24.5 Å². The van der Waals surface area contributed by atoms with Crippen LogP contribution in [0.5, 0.6) is 0 Å². The van der Waals surface area contributed by atoms with Crippen LogP contribution in [-0.4, -0.2) is 97.7 Å². The van der Waals surface area contributed by atoms with E-state index >= 15 is 0 Å². The van der Waals surface area contributed by atoms with Gasteiger partial charge in [-0.25, -0.2) is 14.5 Å². The molecule has 2 N–H and O–H groups in total. The van der Waals surface area contributed by atoms with Gasteiger partial charge < -0.3 is 19.8 Å². The van der Waals surface area contributed by atoms with Crippen molar-refractivity contribution in [2.75, 3.05) is 39.8 Å². The highest BCUT2D eigenvalue weighted by Gasteiger charge is 2.45. The Morgan fingerprint density at radius 2 is 1.89 bits per heavy atom. The van der Waals surface area contributed by atoms with Crippen molar-refractivity contribution in [3.05, 3.63) is 42.2 Å². The van der Waals surface area contributed by atoms with Gasteiger partial charge in [0.2, 0.25) is 5.91 Å². The Morgan fingerprint density at radius 3 is 2.46 bits per heavy atom. The lowest BCUT2D eigenvalue weighted by molar-refractivity contribution is -0.160. The van der Waals surface area contributed by atoms with E-state index in [0.29, 0.717) is 38.4 Å². The van der Waals surface area contributed by atoms with Crippen molar-refractivity contribution >= 4 is 17.4 Å². The summed E-state index contributed by atoms with van der Waals surface area (Å²) in [6, 6.07) is 8.04. The minimum Gasteiger partial charge on any atom is -0.479 e. The third-order valence-electron chi connectivity index (χ3n) is 6.61. The number of methoxy groups -OCH3 is 1. The molecule has 1 fully saturated rings. The molecule has 1 unspecified atom stereocenters. The summed E-state index contributed by atoms with van der Waals surface area (Å²) in [4.78, 5) is 32.3. The van der Waals surface area contributed by atoms with E-state index in [9.17, 15) is 19.8 Å². The molecule has 0 aliphatic carbocycles. The van der Waals surface area contributed by atoms with Crippen LogP contribution < -0.4 is 0 Å². The Hall–Kier alpha value is -3.08. The predicted octanol–water partition coefficient (Wildman–Crippen LogP) is 1.51. The van der Waals surface area contributed by atoms with Crippen LogP contribution in [0.3, 0.4) is 0 Å². The highest BCUT2D eigenvalue weighted by Crippen LogP contribution is 2.27. The molecule has 2 aromatic rings. The molecule has 10 heteroatoms. The lowest BCUT2D eigenvalue weighted by Crippen LogP contribution is -2.46. The van der Waals surface area contributed by atoms with E-state index in [0.717, 1.165) is 17.5 Å². The number of hydrogen-bond acceptors (Lipinski definition) is 7. The molecule has 0 bridgehead atoms. The number of carbonyl (C=O) groups excluding carboxylic acids is 1. The first-order valence-corrected chi connectivity index (χ1v) is 11.8. The largest absolute Gasteiger partial charge is 0.479 e. The van der Waals surface area contributed by atoms with Crippen LogP contribution in [0.4, 0.5) is 0 Å². The number of nitrogens with zero attached hydrogens (tertiary/aromatic N) is 5. The Labute approximate surface area is 204 Å². The summed E-state index contributed by atoms with van der Waals surface area (Å²) in [6.07, 6.45) is 4.82. The summed E-state index contributed by atoms with van der Waals surface area (Å²) in [5, 5.41) is 23.9. The predicted molar refractivity (Wildman–Crippen MR) is 129 cm³/mol. The van der Waals surface area contributed by atoms with Gasteiger partial charge in [0.15, 0.2) is 11.4 Å². The number of hydrogen-bond donors (Lipinski definition) is 2. The maximum absolute atomic E-state index is 12.8. The van der Waals surface area contributed by atoms with Gasteiger partial charge in [-0.1, -0.05) is 30.3 Å². The topological polar surface area (TPSA) is 121 Å². The fraction of sp³-hybridized carbons (Fsp3) is 0.520. The van der Waals surface area contributed by atoms with E-state index in [-0.39, 0.29) is 19.0 Å². The van der Waals surface area contributed by atoms with Gasteiger partial charge in [0, 0.05) is 45.3 Å². The minimum atomic E-state index is -1.22. The molecule has 2 aliphatic rings. The zero-order valence-electron chi connectivity index (χ0n) is 20.5. The number of amides is 1. The molecule has 0 spiro atoms. The van der Waals surface area contributed by atoms with E-state index in [4.69, 9.17) is 4.74 Å². The molecule has 1 aromatic heterocycles. The van der Waals surface area contributed by atoms with Crippen molar-refractivity contribution in [2.24, 2.45) is 0 Å². The quantitative estimate of drug-likeness (QED) is 0.580. The second-order valence-corrected chi connectivity index (χ2v) is 9.94. The molecule has 4 rings (SSSR count). The molecule has 0 radical (unpaired) electrons. The smallest absolute Gasteiger partial charge is 0.337 e. The Morgan fingerprint density at radius 1 is 1.17 bits per heavy atom. The summed E-state index contributed by atoms with van der Waals surface area (Å²) in [7, 11) is 1.41. The normalized spacial score (nSPS) is 21.3. The van der Waals surface area contributed by atoms with Crippen LogP contribution in [0, 0.1) is 0 Å². The number of aromatic nitrogens is 3. The maximum Gasteiger partial charge on any atom is 0.337 e. The van der Waals surface area contributed by atoms with Gasteiger partial charge in [-0.15, -0.1) is 0 Å². The van der Waals surface area contributed by atoms with Gasteiger partial charge in [-0.2, -0.15) is 5.10 Å². The number of aliphatic hydroxyl groups is 1. The highest BCUT2D eigenvalue weighted by atomic mass is 16.5. The summed E-state index contributed by atoms with van der Waals surface area (Å²) < 4.78 is 6.88. The van der Waals surface area contributed by atoms with Gasteiger partial charge >= 0.3 is 5.97 Å². The minimum absolute atomic E-state index is 0.000609. The van der Waals surface area contributed by atoms with E-state index < -0.39 is 17.2 Å². The fourth-order valence-electron chi connectivity index (χ4n) is 4.60. The van der Waals surface area contributed by atoms with Crippen molar-refractivity contribution in [1.82, 2.24) is 24.6 Å². The molecule has 2 aliphatic heterocycles. The van der Waals surface area contributed by atoms with Crippen molar-refractivity contribution in [3.8, 4) is 11.4 Å². The van der Waals surface area contributed by atoms with E-state index in [1.165, 1.54) is 12.7 Å². The number of likely N-dealkylation sites (tertiary alicyclic amines) is 1. The number of carboxylic acid groups (broad SMARTS) is 1. The average Bonchev–Trinajstić information content (AvgIpc) is 3.46.